The van der Waals surface area contributed by atoms with Gasteiger partial charge in [-0.15, -0.1) is 0 Å². The van der Waals surface area contributed by atoms with Gasteiger partial charge in [0.1, 0.15) is 12.2 Å². The van der Waals surface area contributed by atoms with Crippen molar-refractivity contribution in [3.05, 3.63) is 0 Å². The van der Waals surface area contributed by atoms with E-state index >= 15 is 0 Å². The number of aliphatic hydroxyl groups excluding tert-OH is 3. The van der Waals surface area contributed by atoms with Crippen molar-refractivity contribution in [2.45, 2.75) is 37.4 Å². The molecule has 72 valence electrons. The van der Waals surface area contributed by atoms with Crippen LogP contribution < -0.4 is 0 Å². The molecule has 0 aromatic rings. The Morgan fingerprint density at radius 1 is 1.50 bits per heavy atom. The minimum atomic E-state index is -2.03. The zero-order valence-electron chi connectivity index (χ0n) is 6.84. The molecular weight excluding hydrogens is 164 g/mol. The first-order valence-electron chi connectivity index (χ1n) is 3.89. The third-order valence-corrected chi connectivity index (χ3v) is 2.13. The summed E-state index contributed by atoms with van der Waals surface area (Å²) >= 11 is 0. The Bertz CT molecular complexity index is 160. The second-order valence-electron chi connectivity index (χ2n) is 3.08. The standard InChI is InChI=1S/C7H14O5/c1-4(8)7(11)6(10)5(9)2-3-12-7/h4-6,8-11H,2-3H2,1H3. The molecule has 1 saturated heterocycles. The molecule has 1 fully saturated rings. The van der Waals surface area contributed by atoms with Gasteiger partial charge < -0.3 is 25.2 Å². The van der Waals surface area contributed by atoms with Crippen molar-refractivity contribution in [3.63, 3.8) is 0 Å². The lowest BCUT2D eigenvalue weighted by molar-refractivity contribution is -0.331. The third kappa shape index (κ3) is 1.46. The van der Waals surface area contributed by atoms with Gasteiger partial charge in [0, 0.05) is 0 Å². The van der Waals surface area contributed by atoms with Crippen LogP contribution in [0.2, 0.25) is 0 Å². The number of hydrogen-bond donors (Lipinski definition) is 4. The first kappa shape index (κ1) is 9.88. The van der Waals surface area contributed by atoms with Gasteiger partial charge in [0.25, 0.3) is 0 Å². The fourth-order valence-electron chi connectivity index (χ4n) is 1.23. The lowest BCUT2D eigenvalue weighted by Crippen LogP contribution is -2.60. The SMILES string of the molecule is CC(O)C1(O)OCCC(O)C1O. The summed E-state index contributed by atoms with van der Waals surface area (Å²) in [5, 5.41) is 37.0. The van der Waals surface area contributed by atoms with Gasteiger partial charge in [-0.3, -0.25) is 0 Å². The smallest absolute Gasteiger partial charge is 0.221 e. The summed E-state index contributed by atoms with van der Waals surface area (Å²) in [6.45, 7) is 1.42. The molecule has 0 spiro atoms. The van der Waals surface area contributed by atoms with Crippen LogP contribution in [0.1, 0.15) is 13.3 Å². The Kier molecular flexibility index (Phi) is 2.70. The summed E-state index contributed by atoms with van der Waals surface area (Å²) in [4.78, 5) is 0. The fraction of sp³-hybridized carbons (Fsp3) is 1.00. The van der Waals surface area contributed by atoms with E-state index in [1.807, 2.05) is 0 Å². The highest BCUT2D eigenvalue weighted by atomic mass is 16.7. The predicted octanol–water partition coefficient (Wildman–Crippen LogP) is -1.80. The van der Waals surface area contributed by atoms with Gasteiger partial charge in [-0.25, -0.2) is 0 Å². The normalized spacial score (nSPS) is 45.8. The summed E-state index contributed by atoms with van der Waals surface area (Å²) in [5.41, 5.74) is 0. The summed E-state index contributed by atoms with van der Waals surface area (Å²) in [7, 11) is 0. The van der Waals surface area contributed by atoms with E-state index < -0.39 is 24.1 Å². The van der Waals surface area contributed by atoms with E-state index in [0.717, 1.165) is 0 Å². The van der Waals surface area contributed by atoms with Gasteiger partial charge in [0.2, 0.25) is 5.79 Å². The minimum Gasteiger partial charge on any atom is -0.390 e. The molecule has 4 N–H and O–H groups in total. The van der Waals surface area contributed by atoms with Crippen LogP contribution >= 0.6 is 0 Å². The van der Waals surface area contributed by atoms with Gasteiger partial charge in [0.15, 0.2) is 0 Å². The maximum Gasteiger partial charge on any atom is 0.221 e. The first-order valence-corrected chi connectivity index (χ1v) is 3.89. The van der Waals surface area contributed by atoms with E-state index in [0.29, 0.717) is 0 Å². The van der Waals surface area contributed by atoms with Crippen molar-refractivity contribution >= 4 is 0 Å². The Morgan fingerprint density at radius 3 is 2.50 bits per heavy atom. The minimum absolute atomic E-state index is 0.125. The van der Waals surface area contributed by atoms with E-state index in [9.17, 15) is 10.2 Å². The molecule has 0 radical (unpaired) electrons. The van der Waals surface area contributed by atoms with E-state index in [4.69, 9.17) is 14.9 Å². The molecule has 1 aliphatic heterocycles. The summed E-state index contributed by atoms with van der Waals surface area (Å²) in [6, 6.07) is 0. The van der Waals surface area contributed by atoms with Crippen LogP contribution in [0.25, 0.3) is 0 Å². The second-order valence-corrected chi connectivity index (χ2v) is 3.08. The van der Waals surface area contributed by atoms with Crippen LogP contribution in [0.4, 0.5) is 0 Å². The predicted molar refractivity (Wildman–Crippen MR) is 39.2 cm³/mol. The molecule has 1 heterocycles. The highest BCUT2D eigenvalue weighted by molar-refractivity contribution is 4.90. The quantitative estimate of drug-likeness (QED) is 0.380. The molecule has 0 bridgehead atoms. The summed E-state index contributed by atoms with van der Waals surface area (Å²) in [6.07, 6.45) is -3.47. The van der Waals surface area contributed by atoms with Crippen molar-refractivity contribution in [1.82, 2.24) is 0 Å². The van der Waals surface area contributed by atoms with Crippen molar-refractivity contribution in [2.75, 3.05) is 6.61 Å². The van der Waals surface area contributed by atoms with Crippen molar-refractivity contribution in [3.8, 4) is 0 Å². The molecule has 4 unspecified atom stereocenters. The van der Waals surface area contributed by atoms with Gasteiger partial charge in [0.05, 0.1) is 12.7 Å². The average molecular weight is 178 g/mol. The molecule has 0 aliphatic carbocycles. The van der Waals surface area contributed by atoms with E-state index in [1.165, 1.54) is 6.92 Å². The number of aliphatic hydroxyl groups is 4. The van der Waals surface area contributed by atoms with Crippen LogP contribution in [0, 0.1) is 0 Å². The molecule has 0 amide bonds. The molecule has 0 aromatic carbocycles. The zero-order valence-corrected chi connectivity index (χ0v) is 6.84. The van der Waals surface area contributed by atoms with Gasteiger partial charge >= 0.3 is 0 Å². The first-order chi connectivity index (χ1) is 5.48. The van der Waals surface area contributed by atoms with Crippen LogP contribution in [0.5, 0.6) is 0 Å². The molecular formula is C7H14O5. The lowest BCUT2D eigenvalue weighted by atomic mass is 9.95. The Morgan fingerprint density at radius 2 is 2.08 bits per heavy atom. The topological polar surface area (TPSA) is 90.2 Å². The molecule has 1 aliphatic rings. The van der Waals surface area contributed by atoms with Crippen LogP contribution in [-0.4, -0.2) is 51.1 Å². The van der Waals surface area contributed by atoms with Crippen molar-refractivity contribution in [1.29, 1.82) is 0 Å². The molecule has 4 atom stereocenters. The maximum atomic E-state index is 9.51. The van der Waals surface area contributed by atoms with Crippen LogP contribution in [0.15, 0.2) is 0 Å². The summed E-state index contributed by atoms with van der Waals surface area (Å²) < 4.78 is 4.81. The lowest BCUT2D eigenvalue weighted by Gasteiger charge is -2.41. The molecule has 1 rings (SSSR count). The number of ether oxygens (including phenoxy) is 1. The van der Waals surface area contributed by atoms with Crippen molar-refractivity contribution < 1.29 is 25.2 Å². The molecule has 0 aromatic heterocycles. The van der Waals surface area contributed by atoms with Gasteiger partial charge in [-0.1, -0.05) is 0 Å². The largest absolute Gasteiger partial charge is 0.390 e. The van der Waals surface area contributed by atoms with E-state index in [1.54, 1.807) is 0 Å². The monoisotopic (exact) mass is 178 g/mol. The summed E-state index contributed by atoms with van der Waals surface area (Å²) in [5.74, 6) is -2.03. The zero-order chi connectivity index (χ0) is 9.35. The highest BCUT2D eigenvalue weighted by Crippen LogP contribution is 2.26. The average Bonchev–Trinajstić information content (AvgIpc) is 2.00. The Hall–Kier alpha value is -0.200. The molecule has 12 heavy (non-hydrogen) atoms. The van der Waals surface area contributed by atoms with E-state index in [2.05, 4.69) is 0 Å². The molecule has 5 heteroatoms. The fourth-order valence-corrected chi connectivity index (χ4v) is 1.23. The number of hydrogen-bond acceptors (Lipinski definition) is 5. The molecule has 0 saturated carbocycles. The van der Waals surface area contributed by atoms with Crippen molar-refractivity contribution in [2.24, 2.45) is 0 Å². The Balaban J connectivity index is 2.74. The van der Waals surface area contributed by atoms with Gasteiger partial charge in [-0.2, -0.15) is 0 Å². The van der Waals surface area contributed by atoms with Gasteiger partial charge in [-0.05, 0) is 13.3 Å². The number of rotatable bonds is 1. The Labute approximate surface area is 70.2 Å². The van der Waals surface area contributed by atoms with E-state index in [-0.39, 0.29) is 13.0 Å². The van der Waals surface area contributed by atoms with Crippen LogP contribution in [0.3, 0.4) is 0 Å². The second kappa shape index (κ2) is 3.27. The third-order valence-electron chi connectivity index (χ3n) is 2.13. The maximum absolute atomic E-state index is 9.51. The molecule has 5 nitrogen and oxygen atoms in total. The highest BCUT2D eigenvalue weighted by Gasteiger charge is 2.48. The van der Waals surface area contributed by atoms with Crippen LogP contribution in [-0.2, 0) is 4.74 Å².